The van der Waals surface area contributed by atoms with E-state index in [1.54, 1.807) is 13.8 Å². The molecule has 0 bridgehead atoms. The highest BCUT2D eigenvalue weighted by atomic mass is 16.5. The van der Waals surface area contributed by atoms with E-state index in [4.69, 9.17) is 4.74 Å². The first kappa shape index (κ1) is 15.6. The normalized spacial score (nSPS) is 16.7. The van der Waals surface area contributed by atoms with Crippen LogP contribution in [-0.2, 0) is 9.53 Å². The van der Waals surface area contributed by atoms with Crippen LogP contribution in [0.3, 0.4) is 0 Å². The molecule has 21 heavy (non-hydrogen) atoms. The van der Waals surface area contributed by atoms with E-state index in [0.717, 1.165) is 37.3 Å². The van der Waals surface area contributed by atoms with Gasteiger partial charge in [0.05, 0.1) is 13.2 Å². The minimum Gasteiger partial charge on any atom is -0.467 e. The smallest absolute Gasteiger partial charge is 0.330 e. The Balaban J connectivity index is 2.00. The molecule has 1 aliphatic rings. The number of carbonyl (C=O) groups excluding carboxylic acids is 1. The molecular formula is C16H24N2O3. The summed E-state index contributed by atoms with van der Waals surface area (Å²) in [6.07, 6.45) is 1.47. The van der Waals surface area contributed by atoms with Crippen LogP contribution in [0.25, 0.3) is 0 Å². The summed E-state index contributed by atoms with van der Waals surface area (Å²) < 4.78 is 4.78. The van der Waals surface area contributed by atoms with Gasteiger partial charge in [0.1, 0.15) is 5.54 Å². The summed E-state index contributed by atoms with van der Waals surface area (Å²) in [6.45, 7) is 5.33. The Morgan fingerprint density at radius 3 is 2.38 bits per heavy atom. The zero-order valence-electron chi connectivity index (χ0n) is 12.9. The summed E-state index contributed by atoms with van der Waals surface area (Å²) in [5.74, 6) is -0.295. The number of rotatable bonds is 4. The van der Waals surface area contributed by atoms with E-state index in [2.05, 4.69) is 10.2 Å². The van der Waals surface area contributed by atoms with Gasteiger partial charge >= 0.3 is 5.97 Å². The third-order valence-electron chi connectivity index (χ3n) is 3.85. The number of hydrogen-bond donors (Lipinski definition) is 2. The van der Waals surface area contributed by atoms with Crippen LogP contribution in [0.15, 0.2) is 24.3 Å². The van der Waals surface area contributed by atoms with Gasteiger partial charge in [-0.25, -0.2) is 4.79 Å². The van der Waals surface area contributed by atoms with E-state index in [9.17, 15) is 9.90 Å². The monoisotopic (exact) mass is 292 g/mol. The van der Waals surface area contributed by atoms with E-state index in [0.29, 0.717) is 0 Å². The summed E-state index contributed by atoms with van der Waals surface area (Å²) in [7, 11) is 1.39. The molecule has 0 aromatic heterocycles. The van der Waals surface area contributed by atoms with Gasteiger partial charge in [0.25, 0.3) is 0 Å². The van der Waals surface area contributed by atoms with Crippen molar-refractivity contribution in [3.05, 3.63) is 24.3 Å². The molecule has 0 amide bonds. The fourth-order valence-corrected chi connectivity index (χ4v) is 2.55. The number of aliphatic hydroxyl groups is 1. The molecule has 0 spiro atoms. The zero-order valence-corrected chi connectivity index (χ0v) is 12.9. The number of aliphatic hydroxyl groups excluding tert-OH is 1. The van der Waals surface area contributed by atoms with Gasteiger partial charge in [-0.05, 0) is 51.0 Å². The Morgan fingerprint density at radius 1 is 1.29 bits per heavy atom. The second kappa shape index (κ2) is 6.35. The van der Waals surface area contributed by atoms with Gasteiger partial charge in [-0.3, -0.25) is 0 Å². The molecule has 1 aromatic carbocycles. The topological polar surface area (TPSA) is 61.8 Å². The highest BCUT2D eigenvalue weighted by Gasteiger charge is 2.28. The zero-order chi connectivity index (χ0) is 15.5. The maximum atomic E-state index is 11.7. The SMILES string of the molecule is COC(=O)C(C)(C)Nc1ccc(N2CCC(O)CC2)cc1. The maximum absolute atomic E-state index is 11.7. The molecule has 5 heteroatoms. The minimum atomic E-state index is -0.758. The van der Waals surface area contributed by atoms with Crippen molar-refractivity contribution in [3.8, 4) is 0 Å². The Morgan fingerprint density at radius 2 is 1.86 bits per heavy atom. The minimum absolute atomic E-state index is 0.164. The van der Waals surface area contributed by atoms with Crippen LogP contribution in [0.4, 0.5) is 11.4 Å². The van der Waals surface area contributed by atoms with E-state index in [1.807, 2.05) is 24.3 Å². The molecule has 2 rings (SSSR count). The van der Waals surface area contributed by atoms with Gasteiger partial charge < -0.3 is 20.1 Å². The predicted octanol–water partition coefficient (Wildman–Crippen LogP) is 2.01. The molecule has 5 nitrogen and oxygen atoms in total. The van der Waals surface area contributed by atoms with Gasteiger partial charge in [-0.15, -0.1) is 0 Å². The van der Waals surface area contributed by atoms with Gasteiger partial charge in [-0.1, -0.05) is 0 Å². The van der Waals surface area contributed by atoms with E-state index >= 15 is 0 Å². The summed E-state index contributed by atoms with van der Waals surface area (Å²) in [6, 6.07) is 8.00. The molecule has 1 aromatic rings. The molecule has 2 N–H and O–H groups in total. The second-order valence-electron chi connectivity index (χ2n) is 6.01. The number of anilines is 2. The largest absolute Gasteiger partial charge is 0.467 e. The van der Waals surface area contributed by atoms with Crippen molar-refractivity contribution in [2.75, 3.05) is 30.4 Å². The first-order valence-electron chi connectivity index (χ1n) is 7.32. The van der Waals surface area contributed by atoms with Crippen LogP contribution in [0.5, 0.6) is 0 Å². The van der Waals surface area contributed by atoms with Crippen LogP contribution in [0.1, 0.15) is 26.7 Å². The van der Waals surface area contributed by atoms with Crippen LogP contribution >= 0.6 is 0 Å². The fraction of sp³-hybridized carbons (Fsp3) is 0.562. The highest BCUT2D eigenvalue weighted by molar-refractivity contribution is 5.83. The number of benzene rings is 1. The average molecular weight is 292 g/mol. The molecule has 1 saturated heterocycles. The first-order valence-corrected chi connectivity index (χ1v) is 7.32. The molecule has 1 aliphatic heterocycles. The highest BCUT2D eigenvalue weighted by Crippen LogP contribution is 2.23. The molecule has 1 heterocycles. The lowest BCUT2D eigenvalue weighted by Gasteiger charge is -2.31. The Bertz CT molecular complexity index is 477. The van der Waals surface area contributed by atoms with Gasteiger partial charge in [0, 0.05) is 24.5 Å². The third kappa shape index (κ3) is 3.88. The third-order valence-corrected chi connectivity index (χ3v) is 3.85. The fourth-order valence-electron chi connectivity index (χ4n) is 2.55. The van der Waals surface area contributed by atoms with Crippen LogP contribution < -0.4 is 10.2 Å². The maximum Gasteiger partial charge on any atom is 0.330 e. The van der Waals surface area contributed by atoms with Crippen molar-refractivity contribution in [1.29, 1.82) is 0 Å². The number of piperidine rings is 1. The number of ether oxygens (including phenoxy) is 1. The van der Waals surface area contributed by atoms with E-state index in [1.165, 1.54) is 7.11 Å². The van der Waals surface area contributed by atoms with Gasteiger partial charge in [0.15, 0.2) is 0 Å². The Kier molecular flexibility index (Phi) is 4.73. The van der Waals surface area contributed by atoms with E-state index < -0.39 is 5.54 Å². The van der Waals surface area contributed by atoms with Gasteiger partial charge in [-0.2, -0.15) is 0 Å². The lowest BCUT2D eigenvalue weighted by atomic mass is 10.0. The van der Waals surface area contributed by atoms with Crippen LogP contribution in [0, 0.1) is 0 Å². The Hall–Kier alpha value is -1.75. The standard InChI is InChI=1S/C16H24N2O3/c1-16(2,15(20)21-3)17-12-4-6-13(7-5-12)18-10-8-14(19)9-11-18/h4-7,14,17,19H,8-11H2,1-3H3. The van der Waals surface area contributed by atoms with Crippen LogP contribution in [-0.4, -0.2) is 42.9 Å². The quantitative estimate of drug-likeness (QED) is 0.831. The van der Waals surface area contributed by atoms with E-state index in [-0.39, 0.29) is 12.1 Å². The number of nitrogens with one attached hydrogen (secondary N) is 1. The molecule has 116 valence electrons. The lowest BCUT2D eigenvalue weighted by Crippen LogP contribution is -2.41. The number of methoxy groups -OCH3 is 1. The molecule has 0 unspecified atom stereocenters. The molecule has 0 aliphatic carbocycles. The lowest BCUT2D eigenvalue weighted by molar-refractivity contribution is -0.144. The van der Waals surface area contributed by atoms with Crippen molar-refractivity contribution < 1.29 is 14.6 Å². The van der Waals surface area contributed by atoms with Crippen molar-refractivity contribution in [2.45, 2.75) is 38.3 Å². The first-order chi connectivity index (χ1) is 9.92. The molecule has 0 radical (unpaired) electrons. The second-order valence-corrected chi connectivity index (χ2v) is 6.01. The summed E-state index contributed by atoms with van der Waals surface area (Å²) in [5.41, 5.74) is 1.26. The summed E-state index contributed by atoms with van der Waals surface area (Å²) in [4.78, 5) is 13.9. The molecule has 0 atom stereocenters. The predicted molar refractivity (Wildman–Crippen MR) is 83.6 cm³/mol. The van der Waals surface area contributed by atoms with Crippen LogP contribution in [0.2, 0.25) is 0 Å². The number of esters is 1. The van der Waals surface area contributed by atoms with Crippen molar-refractivity contribution >= 4 is 17.3 Å². The number of hydrogen-bond acceptors (Lipinski definition) is 5. The number of carbonyl (C=O) groups is 1. The van der Waals surface area contributed by atoms with Crippen molar-refractivity contribution in [1.82, 2.24) is 0 Å². The molecule has 0 saturated carbocycles. The number of nitrogens with zero attached hydrogens (tertiary/aromatic N) is 1. The molecule has 1 fully saturated rings. The van der Waals surface area contributed by atoms with Crippen molar-refractivity contribution in [3.63, 3.8) is 0 Å². The molecular weight excluding hydrogens is 268 g/mol. The Labute approximate surface area is 125 Å². The van der Waals surface area contributed by atoms with Gasteiger partial charge in [0.2, 0.25) is 0 Å². The summed E-state index contributed by atoms with van der Waals surface area (Å²) in [5, 5.41) is 12.7. The summed E-state index contributed by atoms with van der Waals surface area (Å²) >= 11 is 0. The average Bonchev–Trinajstić information content (AvgIpc) is 2.47. The van der Waals surface area contributed by atoms with Crippen molar-refractivity contribution in [2.24, 2.45) is 0 Å².